The molecule has 0 aromatic heterocycles. The Kier molecular flexibility index (Phi) is 3.11. The van der Waals surface area contributed by atoms with Crippen molar-refractivity contribution < 1.29 is 28.7 Å². The van der Waals surface area contributed by atoms with Crippen molar-refractivity contribution in [2.75, 3.05) is 12.1 Å². The van der Waals surface area contributed by atoms with E-state index in [4.69, 9.17) is 14.2 Å². The highest BCUT2D eigenvalue weighted by atomic mass is 16.7. The summed E-state index contributed by atoms with van der Waals surface area (Å²) in [5.74, 6) is -0.431. The van der Waals surface area contributed by atoms with Gasteiger partial charge in [0.1, 0.15) is 5.69 Å². The molecule has 3 aliphatic rings. The van der Waals surface area contributed by atoms with Crippen molar-refractivity contribution >= 4 is 23.3 Å². The lowest BCUT2D eigenvalue weighted by Gasteiger charge is -2.35. The molecular formula is C17H18N2O7. The number of fused-ring (bicyclic) bond motifs is 3. The van der Waals surface area contributed by atoms with Crippen molar-refractivity contribution in [2.45, 2.75) is 39.2 Å². The maximum Gasteiger partial charge on any atom is 0.313 e. The van der Waals surface area contributed by atoms with Crippen LogP contribution in [-0.2, 0) is 14.3 Å². The van der Waals surface area contributed by atoms with Crippen LogP contribution in [0.1, 0.15) is 33.6 Å². The lowest BCUT2D eigenvalue weighted by molar-refractivity contribution is -0.384. The average molecular weight is 362 g/mol. The highest BCUT2D eigenvalue weighted by Gasteiger charge is 2.75. The Hall–Kier alpha value is -2.84. The first-order valence-corrected chi connectivity index (χ1v) is 8.25. The predicted octanol–water partition coefficient (Wildman–Crippen LogP) is 2.38. The summed E-state index contributed by atoms with van der Waals surface area (Å²) < 4.78 is 15.9. The lowest BCUT2D eigenvalue weighted by Crippen LogP contribution is -2.50. The Balaban J connectivity index is 1.72. The zero-order valence-corrected chi connectivity index (χ0v) is 14.6. The summed E-state index contributed by atoms with van der Waals surface area (Å²) in [5, 5.41) is 14.0. The Labute approximate surface area is 148 Å². The number of nitrogens with zero attached hydrogens (tertiary/aromatic N) is 1. The lowest BCUT2D eigenvalue weighted by atomic mass is 9.66. The van der Waals surface area contributed by atoms with Gasteiger partial charge in [-0.05, 0) is 19.8 Å². The Morgan fingerprint density at radius 1 is 1.19 bits per heavy atom. The van der Waals surface area contributed by atoms with Crippen LogP contribution in [0.2, 0.25) is 0 Å². The molecule has 1 saturated carbocycles. The van der Waals surface area contributed by atoms with Crippen LogP contribution in [0.15, 0.2) is 12.1 Å². The molecule has 0 unspecified atom stereocenters. The van der Waals surface area contributed by atoms with E-state index in [-0.39, 0.29) is 23.9 Å². The molecule has 1 N–H and O–H groups in total. The summed E-state index contributed by atoms with van der Waals surface area (Å²) in [6, 6.07) is 2.56. The normalized spacial score (nSPS) is 30.2. The Morgan fingerprint density at radius 3 is 2.38 bits per heavy atom. The fourth-order valence-electron chi connectivity index (χ4n) is 4.15. The van der Waals surface area contributed by atoms with Gasteiger partial charge in [-0.25, -0.2) is 0 Å². The molecule has 2 aliphatic heterocycles. The molecule has 2 fully saturated rings. The van der Waals surface area contributed by atoms with Gasteiger partial charge in [-0.15, -0.1) is 0 Å². The second-order valence-corrected chi connectivity index (χ2v) is 7.61. The second kappa shape index (κ2) is 4.87. The number of nitro groups is 1. The third-order valence-electron chi connectivity index (χ3n) is 6.39. The average Bonchev–Trinajstić information content (AvgIpc) is 3.14. The summed E-state index contributed by atoms with van der Waals surface area (Å²) in [6.07, 6.45) is 0.891. The van der Waals surface area contributed by atoms with E-state index in [0.29, 0.717) is 18.6 Å². The quantitative estimate of drug-likeness (QED) is 0.498. The van der Waals surface area contributed by atoms with Crippen molar-refractivity contribution in [3.05, 3.63) is 22.2 Å². The van der Waals surface area contributed by atoms with E-state index in [1.807, 2.05) is 13.8 Å². The second-order valence-electron chi connectivity index (χ2n) is 7.61. The van der Waals surface area contributed by atoms with Gasteiger partial charge in [0.2, 0.25) is 6.79 Å². The summed E-state index contributed by atoms with van der Waals surface area (Å²) in [5.41, 5.74) is -3.20. The van der Waals surface area contributed by atoms with Crippen molar-refractivity contribution in [3.63, 3.8) is 0 Å². The molecule has 1 aromatic carbocycles. The molecule has 1 aromatic rings. The number of hydrogen-bond donors (Lipinski definition) is 1. The number of nitrogens with one attached hydrogen (secondary N) is 1. The van der Waals surface area contributed by atoms with Crippen molar-refractivity contribution in [2.24, 2.45) is 10.8 Å². The van der Waals surface area contributed by atoms with Crippen LogP contribution in [0, 0.1) is 20.9 Å². The maximum atomic E-state index is 13.1. The summed E-state index contributed by atoms with van der Waals surface area (Å²) in [7, 11) is 0. The van der Waals surface area contributed by atoms with Crippen LogP contribution in [0.25, 0.3) is 0 Å². The van der Waals surface area contributed by atoms with Gasteiger partial charge in [-0.3, -0.25) is 19.7 Å². The number of benzene rings is 1. The van der Waals surface area contributed by atoms with Crippen LogP contribution in [0.5, 0.6) is 11.5 Å². The summed E-state index contributed by atoms with van der Waals surface area (Å²) >= 11 is 0. The highest BCUT2D eigenvalue weighted by Crippen LogP contribution is 2.65. The molecule has 138 valence electrons. The van der Waals surface area contributed by atoms with Gasteiger partial charge in [-0.1, -0.05) is 13.8 Å². The molecule has 0 spiro atoms. The first-order valence-electron chi connectivity index (χ1n) is 8.25. The molecule has 1 saturated heterocycles. The minimum atomic E-state index is -1.36. The number of amides is 1. The molecule has 9 heteroatoms. The van der Waals surface area contributed by atoms with Gasteiger partial charge >= 0.3 is 5.97 Å². The zero-order chi connectivity index (χ0) is 18.9. The van der Waals surface area contributed by atoms with E-state index in [1.165, 1.54) is 12.1 Å². The smallest absolute Gasteiger partial charge is 0.313 e. The van der Waals surface area contributed by atoms with E-state index < -0.39 is 33.2 Å². The monoisotopic (exact) mass is 362 g/mol. The fourth-order valence-corrected chi connectivity index (χ4v) is 4.15. The number of anilines is 1. The number of carbonyl (C=O) groups excluding carboxylic acids is 2. The van der Waals surface area contributed by atoms with E-state index >= 15 is 0 Å². The van der Waals surface area contributed by atoms with Gasteiger partial charge in [0.05, 0.1) is 16.4 Å². The molecule has 26 heavy (non-hydrogen) atoms. The zero-order valence-electron chi connectivity index (χ0n) is 14.6. The third-order valence-corrected chi connectivity index (χ3v) is 6.39. The molecule has 1 amide bonds. The first-order chi connectivity index (χ1) is 12.1. The Morgan fingerprint density at radius 2 is 1.85 bits per heavy atom. The SMILES string of the molecule is CC1(C)[C@@]2(C)CC[C@]1(C(=O)Nc1cc3c(cc1[N+](=O)[O-])OCO3)OC2=O. The van der Waals surface area contributed by atoms with Gasteiger partial charge in [-0.2, -0.15) is 0 Å². The van der Waals surface area contributed by atoms with Crippen LogP contribution < -0.4 is 14.8 Å². The number of rotatable bonds is 3. The number of ether oxygens (including phenoxy) is 3. The van der Waals surface area contributed by atoms with Crippen LogP contribution >= 0.6 is 0 Å². The minimum absolute atomic E-state index is 0.0222. The molecular weight excluding hydrogens is 344 g/mol. The fraction of sp³-hybridized carbons (Fsp3) is 0.529. The van der Waals surface area contributed by atoms with Crippen molar-refractivity contribution in [1.82, 2.24) is 0 Å². The molecule has 2 heterocycles. The molecule has 0 radical (unpaired) electrons. The minimum Gasteiger partial charge on any atom is -0.454 e. The largest absolute Gasteiger partial charge is 0.454 e. The maximum absolute atomic E-state index is 13.1. The predicted molar refractivity (Wildman–Crippen MR) is 87.8 cm³/mol. The number of nitro benzene ring substituents is 1. The van der Waals surface area contributed by atoms with Crippen LogP contribution in [0.4, 0.5) is 11.4 Å². The van der Waals surface area contributed by atoms with Crippen LogP contribution in [0.3, 0.4) is 0 Å². The third kappa shape index (κ3) is 1.80. The Bertz CT molecular complexity index is 865. The summed E-state index contributed by atoms with van der Waals surface area (Å²) in [6.45, 7) is 5.38. The van der Waals surface area contributed by atoms with Crippen molar-refractivity contribution in [3.8, 4) is 11.5 Å². The topological polar surface area (TPSA) is 117 Å². The standard InChI is InChI=1S/C17H18N2O7/c1-15(2)16(3)4-5-17(15,26-14(16)21)13(20)18-9-6-11-12(25-8-24-11)7-10(9)19(22)23/h6-7H,4-5,8H2,1-3H3,(H,18,20)/t16-,17+/m0/s1. The molecule has 1 aliphatic carbocycles. The van der Waals surface area contributed by atoms with Crippen LogP contribution in [-0.4, -0.2) is 29.2 Å². The number of hydrogen-bond acceptors (Lipinski definition) is 7. The van der Waals surface area contributed by atoms with E-state index in [0.717, 1.165) is 0 Å². The van der Waals surface area contributed by atoms with E-state index in [1.54, 1.807) is 6.92 Å². The highest BCUT2D eigenvalue weighted by molar-refractivity contribution is 6.04. The number of esters is 1. The molecule has 9 nitrogen and oxygen atoms in total. The van der Waals surface area contributed by atoms with Gasteiger partial charge < -0.3 is 19.5 Å². The molecule has 2 atom stereocenters. The number of carbonyl (C=O) groups is 2. The molecule has 2 bridgehead atoms. The summed E-state index contributed by atoms with van der Waals surface area (Å²) in [4.78, 5) is 36.2. The first kappa shape index (κ1) is 16.6. The van der Waals surface area contributed by atoms with Gasteiger partial charge in [0, 0.05) is 11.5 Å². The van der Waals surface area contributed by atoms with E-state index in [2.05, 4.69) is 5.32 Å². The van der Waals surface area contributed by atoms with Gasteiger partial charge in [0.15, 0.2) is 17.1 Å². The van der Waals surface area contributed by atoms with E-state index in [9.17, 15) is 19.7 Å². The van der Waals surface area contributed by atoms with Gasteiger partial charge in [0.25, 0.3) is 11.6 Å². The van der Waals surface area contributed by atoms with Crippen molar-refractivity contribution in [1.29, 1.82) is 0 Å². The molecule has 4 rings (SSSR count).